The molecule has 1 aliphatic rings. The Labute approximate surface area is 390 Å². The topological polar surface area (TPSA) is 107 Å². The average Bonchev–Trinajstić information content (AvgIpc) is 3.20. The molecule has 1 aromatic rings. The molecule has 1 aromatic carbocycles. The molecule has 1 heterocycles. The molecule has 0 amide bonds. The zero-order valence-electron chi connectivity index (χ0n) is 38.1. The van der Waals surface area contributed by atoms with Gasteiger partial charge in [-0.1, -0.05) is 39.8 Å². The molecule has 1 aliphatic heterocycles. The first kappa shape index (κ1) is 61.9. The van der Waals surface area contributed by atoms with Gasteiger partial charge in [0.05, 0.1) is 19.6 Å². The van der Waals surface area contributed by atoms with Gasteiger partial charge in [-0.05, 0) is 74.2 Å². The second kappa shape index (κ2) is 23.1. The van der Waals surface area contributed by atoms with Crippen LogP contribution in [0.5, 0.6) is 5.75 Å². The molecule has 9 nitrogen and oxygen atoms in total. The molecule has 0 bridgehead atoms. The van der Waals surface area contributed by atoms with Gasteiger partial charge in [0.2, 0.25) is 0 Å². The van der Waals surface area contributed by atoms with Crippen LogP contribution in [0, 0.1) is 0 Å². The van der Waals surface area contributed by atoms with Crippen molar-refractivity contribution >= 4 is 26.2 Å². The second-order valence-corrected chi connectivity index (χ2v) is 21.9. The molecule has 0 saturated heterocycles. The van der Waals surface area contributed by atoms with Crippen molar-refractivity contribution < 1.29 is 122 Å². The Balaban J connectivity index is 2.44. The molecule has 0 spiro atoms. The first-order chi connectivity index (χ1) is 31.6. The number of carbonyl (C=O) groups excluding carboxylic acids is 3. The summed E-state index contributed by atoms with van der Waals surface area (Å²) in [5, 5.41) is 0. The van der Waals surface area contributed by atoms with Gasteiger partial charge in [-0.3, -0.25) is 4.79 Å². The lowest BCUT2D eigenvalue weighted by Crippen LogP contribution is -2.70. The Bertz CT molecular complexity index is 1950. The van der Waals surface area contributed by atoms with Gasteiger partial charge >= 0.3 is 65.8 Å². The summed E-state index contributed by atoms with van der Waals surface area (Å²) in [7, 11) is -4.36. The van der Waals surface area contributed by atoms with E-state index in [-0.39, 0.29) is 12.4 Å². The highest BCUT2D eigenvalue weighted by Crippen LogP contribution is 2.61. The van der Waals surface area contributed by atoms with E-state index in [1.54, 1.807) is 0 Å². The van der Waals surface area contributed by atoms with Gasteiger partial charge in [0.25, 0.3) is 0 Å². The first-order valence-electron chi connectivity index (χ1n) is 21.0. The largest absolute Gasteiger partial charge is 0.494 e. The van der Waals surface area contributed by atoms with E-state index >= 15 is 8.78 Å². The molecule has 70 heavy (non-hydrogen) atoms. The summed E-state index contributed by atoms with van der Waals surface area (Å²) in [5.74, 6) is -46.2. The van der Waals surface area contributed by atoms with Crippen LogP contribution in [0.3, 0.4) is 0 Å². The highest BCUT2D eigenvalue weighted by atomic mass is 28.4. The lowest BCUT2D eigenvalue weighted by molar-refractivity contribution is -0.440. The minimum absolute atomic E-state index is 0.0842. The monoisotopic (exact) mass is 1070 g/mol. The maximum atomic E-state index is 15.2. The van der Waals surface area contributed by atoms with Crippen molar-refractivity contribution in [3.63, 3.8) is 0 Å². The number of halogens is 18. The molecule has 28 heteroatoms. The number of hydrogen-bond acceptors (Lipinski definition) is 9. The van der Waals surface area contributed by atoms with Gasteiger partial charge in [0.15, 0.2) is 8.32 Å². The van der Waals surface area contributed by atoms with Gasteiger partial charge < -0.3 is 28.1 Å². The summed E-state index contributed by atoms with van der Waals surface area (Å²) in [5.41, 5.74) is -1.70. The van der Waals surface area contributed by atoms with Crippen molar-refractivity contribution in [2.24, 2.45) is 0 Å². The molecular weight excluding hydrogens is 1020 g/mol. The van der Waals surface area contributed by atoms with Crippen LogP contribution in [0.25, 0.3) is 0 Å². The number of hydrogen-bond donors (Lipinski definition) is 0. The normalized spacial score (nSPS) is 22.7. The van der Waals surface area contributed by atoms with Gasteiger partial charge in [-0.15, -0.1) is 0 Å². The third kappa shape index (κ3) is 14.7. The maximum Gasteiger partial charge on any atom is 0.460 e. The van der Waals surface area contributed by atoms with E-state index in [9.17, 15) is 84.6 Å². The second-order valence-electron chi connectivity index (χ2n) is 16.9. The van der Waals surface area contributed by atoms with E-state index in [1.807, 2.05) is 0 Å². The fourth-order valence-corrected chi connectivity index (χ4v) is 11.4. The van der Waals surface area contributed by atoms with Crippen molar-refractivity contribution in [1.29, 1.82) is 0 Å². The van der Waals surface area contributed by atoms with Crippen molar-refractivity contribution in [2.75, 3.05) is 6.61 Å². The van der Waals surface area contributed by atoms with E-state index < -0.39 is 154 Å². The number of cyclic esters (lactones) is 3. The minimum atomic E-state index is -8.10. The van der Waals surface area contributed by atoms with Gasteiger partial charge in [-0.2, -0.15) is 79.0 Å². The fourth-order valence-electron chi connectivity index (χ4n) is 6.75. The molecule has 0 N–H and O–H groups in total. The lowest BCUT2D eigenvalue weighted by atomic mass is 9.93. The van der Waals surface area contributed by atoms with E-state index in [1.165, 1.54) is 65.8 Å². The molecule has 402 valence electrons. The summed E-state index contributed by atoms with van der Waals surface area (Å²) in [6.07, 6.45) is -22.3. The number of esters is 3. The lowest BCUT2D eigenvalue weighted by Gasteiger charge is -2.44. The predicted molar refractivity (Wildman–Crippen MR) is 211 cm³/mol. The third-order valence-electron chi connectivity index (χ3n) is 11.0. The van der Waals surface area contributed by atoms with Gasteiger partial charge in [0.1, 0.15) is 36.3 Å². The smallest absolute Gasteiger partial charge is 0.460 e. The third-order valence-corrected chi connectivity index (χ3v) is 16.6. The molecule has 2 rings (SSSR count). The Hall–Kier alpha value is -4.21. The van der Waals surface area contributed by atoms with E-state index in [2.05, 4.69) is 0 Å². The van der Waals surface area contributed by atoms with Crippen LogP contribution in [0.15, 0.2) is 48.6 Å². The number of benzene rings is 1. The van der Waals surface area contributed by atoms with Crippen molar-refractivity contribution in [3.8, 4) is 5.75 Å². The molecular formula is C42H50F18O9Si. The molecule has 0 fully saturated rings. The Kier molecular flexibility index (Phi) is 20.4. The van der Waals surface area contributed by atoms with E-state index in [0.29, 0.717) is 11.6 Å². The summed E-state index contributed by atoms with van der Waals surface area (Å²) in [6, 6.07) is 4.07. The van der Waals surface area contributed by atoms with E-state index in [0.717, 1.165) is 25.2 Å². The van der Waals surface area contributed by atoms with Crippen molar-refractivity contribution in [2.45, 2.75) is 176 Å². The summed E-state index contributed by atoms with van der Waals surface area (Å²) < 4.78 is 279. The minimum Gasteiger partial charge on any atom is -0.494 e. The Morgan fingerprint density at radius 2 is 1.09 bits per heavy atom. The van der Waals surface area contributed by atoms with E-state index in [4.69, 9.17) is 28.1 Å². The van der Waals surface area contributed by atoms with Crippen molar-refractivity contribution in [1.82, 2.24) is 0 Å². The zero-order chi connectivity index (χ0) is 54.3. The van der Waals surface area contributed by atoms with Crippen LogP contribution >= 0.6 is 0 Å². The quantitative estimate of drug-likeness (QED) is 0.0440. The summed E-state index contributed by atoms with van der Waals surface area (Å²) in [6.45, 7) is 7.99. The molecule has 0 unspecified atom stereocenters. The van der Waals surface area contributed by atoms with Gasteiger partial charge in [0, 0.05) is 25.0 Å². The van der Waals surface area contributed by atoms with Crippen molar-refractivity contribution in [3.05, 3.63) is 54.1 Å². The van der Waals surface area contributed by atoms with Gasteiger partial charge in [-0.25, -0.2) is 9.59 Å². The highest BCUT2D eigenvalue weighted by Gasteiger charge is 2.90. The summed E-state index contributed by atoms with van der Waals surface area (Å²) >= 11 is 0. The number of alkyl halides is 18. The summed E-state index contributed by atoms with van der Waals surface area (Å²) in [4.78, 5) is 38.9. The maximum absolute atomic E-state index is 15.2. The van der Waals surface area contributed by atoms with Crippen LogP contribution in [0.4, 0.5) is 79.0 Å². The number of rotatable bonds is 19. The molecule has 5 atom stereocenters. The van der Waals surface area contributed by atoms with Crippen LogP contribution in [-0.4, -0.2) is 111 Å². The first-order valence-corrected chi connectivity index (χ1v) is 23.3. The average molecular weight is 1070 g/mol. The molecule has 0 aromatic heterocycles. The highest BCUT2D eigenvalue weighted by molar-refractivity contribution is 6.76. The number of carbonyl (C=O) groups is 3. The number of ether oxygens (including phenoxy) is 5. The molecule has 0 aliphatic carbocycles. The standard InChI is InChI=1S/C42H50F18O9Si/c1-23(2)70(24(3)4,20-18-35(43,44)37(47,48)38(49,50)39(51,52)40(53,54)42(58,59)60)69-31-14-16-32(61)66-25(5)21-34(63)68-26(6)30(13-15-33(62)67-27(31)7)65-22-28-9-11-29(12-10-28)64-19-8-17-36(45,46)41(55,56)57/h9-16,23-27,30-31H,8,17-22H2,1-7H3/b15-13+,16-14+/t25-,26+,27+,30+,31-/m0/s1. The Morgan fingerprint density at radius 1 is 0.600 bits per heavy atom. The fraction of sp³-hybridized carbons (Fsp3) is 0.690. The molecule has 0 radical (unpaired) electrons. The van der Waals surface area contributed by atoms with Crippen LogP contribution in [0.2, 0.25) is 17.1 Å². The van der Waals surface area contributed by atoms with Crippen LogP contribution in [-0.2, 0) is 44.4 Å². The SMILES string of the molecule is CC(C)[Si](CCC(F)(F)C(F)(F)C(F)(F)C(F)(F)C(F)(F)C(F)(F)F)(O[C@H]1/C=C/C(=O)O[C@@H](C)CC(=O)O[C@H](C)[C@H](OCc2ccc(OCCCC(F)(F)C(F)(F)F)cc2)/C=C/C(=O)O[C@@H]1C)C(C)C. The van der Waals surface area contributed by atoms with Crippen LogP contribution < -0.4 is 4.74 Å². The molecule has 0 saturated carbocycles. The van der Waals surface area contributed by atoms with Crippen LogP contribution in [0.1, 0.15) is 79.7 Å². The predicted octanol–water partition coefficient (Wildman–Crippen LogP) is 12.5. The Morgan fingerprint density at radius 3 is 1.59 bits per heavy atom. The zero-order valence-corrected chi connectivity index (χ0v) is 39.1.